The molecule has 0 radical (unpaired) electrons. The van der Waals surface area contributed by atoms with E-state index in [0.29, 0.717) is 25.5 Å². The van der Waals surface area contributed by atoms with E-state index >= 15 is 0 Å². The fourth-order valence-corrected chi connectivity index (χ4v) is 3.56. The summed E-state index contributed by atoms with van der Waals surface area (Å²) in [6.07, 6.45) is 3.42. The van der Waals surface area contributed by atoms with Crippen molar-refractivity contribution in [3.8, 4) is 11.5 Å². The van der Waals surface area contributed by atoms with E-state index in [-0.39, 0.29) is 5.91 Å². The number of methoxy groups -OCH3 is 1. The van der Waals surface area contributed by atoms with E-state index in [9.17, 15) is 4.79 Å². The van der Waals surface area contributed by atoms with E-state index in [1.807, 2.05) is 18.3 Å². The van der Waals surface area contributed by atoms with Crippen LogP contribution in [0.2, 0.25) is 0 Å². The molecule has 8 nitrogen and oxygen atoms in total. The number of benzene rings is 1. The molecule has 1 saturated heterocycles. The van der Waals surface area contributed by atoms with Crippen molar-refractivity contribution in [3.05, 3.63) is 47.8 Å². The molecule has 1 amide bonds. The molecule has 3 heterocycles. The maximum atomic E-state index is 12.2. The van der Waals surface area contributed by atoms with Crippen LogP contribution in [-0.4, -0.2) is 69.0 Å². The average Bonchev–Trinajstić information content (AvgIpc) is 3.22. The molecule has 1 fully saturated rings. The van der Waals surface area contributed by atoms with E-state index < -0.39 is 0 Å². The third kappa shape index (κ3) is 4.78. The Morgan fingerprint density at radius 3 is 2.79 bits per heavy atom. The highest BCUT2D eigenvalue weighted by Gasteiger charge is 2.20. The zero-order valence-electron chi connectivity index (χ0n) is 16.6. The van der Waals surface area contributed by atoms with Crippen LogP contribution in [0.1, 0.15) is 15.9 Å². The van der Waals surface area contributed by atoms with Crippen LogP contribution in [0.25, 0.3) is 0 Å². The number of carbonyl (C=O) groups is 1. The summed E-state index contributed by atoms with van der Waals surface area (Å²) in [6, 6.07) is 8.03. The second-order valence-electron chi connectivity index (χ2n) is 7.13. The van der Waals surface area contributed by atoms with Crippen molar-refractivity contribution < 1.29 is 19.0 Å². The number of pyridine rings is 1. The van der Waals surface area contributed by atoms with Gasteiger partial charge in [-0.2, -0.15) is 0 Å². The fraction of sp³-hybridized carbons (Fsp3) is 0.429. The summed E-state index contributed by atoms with van der Waals surface area (Å²) in [5.41, 5.74) is 2.77. The standard InChI is InChI=1S/C21H26N4O4/c1-27-9-4-23-21(26)17-11-18(13-22-12-17)25-7-5-24(6-8-25)14-16-2-3-19-20(10-16)29-15-28-19/h2-3,10-13H,4-9,14-15H2,1H3,(H,23,26). The lowest BCUT2D eigenvalue weighted by molar-refractivity contribution is 0.0936. The lowest BCUT2D eigenvalue weighted by atomic mass is 10.1. The monoisotopic (exact) mass is 398 g/mol. The highest BCUT2D eigenvalue weighted by atomic mass is 16.7. The summed E-state index contributed by atoms with van der Waals surface area (Å²) in [6.45, 7) is 5.82. The molecule has 1 aromatic heterocycles. The third-order valence-electron chi connectivity index (χ3n) is 5.16. The summed E-state index contributed by atoms with van der Waals surface area (Å²) in [5, 5.41) is 2.83. The molecule has 0 bridgehead atoms. The Kier molecular flexibility index (Phi) is 6.12. The molecule has 0 unspecified atom stereocenters. The van der Waals surface area contributed by atoms with Crippen LogP contribution in [-0.2, 0) is 11.3 Å². The molecule has 1 N–H and O–H groups in total. The van der Waals surface area contributed by atoms with Gasteiger partial charge in [-0.3, -0.25) is 14.7 Å². The summed E-state index contributed by atoms with van der Waals surface area (Å²) in [5.74, 6) is 1.52. The molecule has 2 aromatic rings. The van der Waals surface area contributed by atoms with Gasteiger partial charge in [0.25, 0.3) is 5.91 Å². The SMILES string of the molecule is COCCNC(=O)c1cncc(N2CCN(Cc3ccc4c(c3)OCO4)CC2)c1. The zero-order chi connectivity index (χ0) is 20.1. The number of hydrogen-bond donors (Lipinski definition) is 1. The largest absolute Gasteiger partial charge is 0.454 e. The van der Waals surface area contributed by atoms with Gasteiger partial charge in [0.1, 0.15) is 0 Å². The van der Waals surface area contributed by atoms with E-state index in [0.717, 1.165) is 49.9 Å². The molecule has 8 heteroatoms. The number of carbonyl (C=O) groups excluding carboxylic acids is 1. The number of amides is 1. The van der Waals surface area contributed by atoms with Gasteiger partial charge < -0.3 is 24.4 Å². The number of aromatic nitrogens is 1. The van der Waals surface area contributed by atoms with Crippen molar-refractivity contribution in [2.45, 2.75) is 6.54 Å². The lowest BCUT2D eigenvalue weighted by Crippen LogP contribution is -2.46. The number of nitrogens with one attached hydrogen (secondary N) is 1. The Morgan fingerprint density at radius 2 is 1.97 bits per heavy atom. The zero-order valence-corrected chi connectivity index (χ0v) is 16.6. The Morgan fingerprint density at radius 1 is 1.14 bits per heavy atom. The second-order valence-corrected chi connectivity index (χ2v) is 7.13. The van der Waals surface area contributed by atoms with Crippen LogP contribution < -0.4 is 19.7 Å². The smallest absolute Gasteiger partial charge is 0.253 e. The minimum atomic E-state index is -0.127. The first-order chi connectivity index (χ1) is 14.2. The lowest BCUT2D eigenvalue weighted by Gasteiger charge is -2.36. The number of rotatable bonds is 7. The molecule has 29 heavy (non-hydrogen) atoms. The first kappa shape index (κ1) is 19.5. The van der Waals surface area contributed by atoms with Crippen LogP contribution in [0.15, 0.2) is 36.7 Å². The van der Waals surface area contributed by atoms with Gasteiger partial charge in [0.15, 0.2) is 11.5 Å². The van der Waals surface area contributed by atoms with Crippen LogP contribution in [0, 0.1) is 0 Å². The van der Waals surface area contributed by atoms with Gasteiger partial charge in [0.05, 0.1) is 24.1 Å². The Labute approximate surface area is 170 Å². The van der Waals surface area contributed by atoms with E-state index in [1.54, 1.807) is 13.3 Å². The number of anilines is 1. The van der Waals surface area contributed by atoms with E-state index in [2.05, 4.69) is 32.2 Å². The van der Waals surface area contributed by atoms with Crippen molar-refractivity contribution in [1.82, 2.24) is 15.2 Å². The summed E-state index contributed by atoms with van der Waals surface area (Å²) in [4.78, 5) is 21.2. The maximum absolute atomic E-state index is 12.2. The molecule has 1 aromatic carbocycles. The highest BCUT2D eigenvalue weighted by molar-refractivity contribution is 5.94. The fourth-order valence-electron chi connectivity index (χ4n) is 3.56. The van der Waals surface area contributed by atoms with Gasteiger partial charge in [-0.25, -0.2) is 0 Å². The number of hydrogen-bond acceptors (Lipinski definition) is 7. The number of ether oxygens (including phenoxy) is 3. The Bertz CT molecular complexity index is 852. The molecule has 0 atom stereocenters. The first-order valence-corrected chi connectivity index (χ1v) is 9.81. The topological polar surface area (TPSA) is 76.2 Å². The van der Waals surface area contributed by atoms with Crippen molar-refractivity contribution in [2.24, 2.45) is 0 Å². The molecule has 0 aliphatic carbocycles. The molecule has 4 rings (SSSR count). The predicted octanol–water partition coefficient (Wildman–Crippen LogP) is 1.51. The summed E-state index contributed by atoms with van der Waals surface area (Å²) >= 11 is 0. The quantitative estimate of drug-likeness (QED) is 0.709. The molecule has 154 valence electrons. The highest BCUT2D eigenvalue weighted by Crippen LogP contribution is 2.33. The van der Waals surface area contributed by atoms with Crippen molar-refractivity contribution in [2.75, 3.05) is 58.1 Å². The molecule has 0 spiro atoms. The molecule has 0 saturated carbocycles. The van der Waals surface area contributed by atoms with Crippen LogP contribution >= 0.6 is 0 Å². The minimum absolute atomic E-state index is 0.127. The van der Waals surface area contributed by atoms with Crippen LogP contribution in [0.5, 0.6) is 11.5 Å². The average molecular weight is 398 g/mol. The molecular weight excluding hydrogens is 372 g/mol. The van der Waals surface area contributed by atoms with Crippen LogP contribution in [0.3, 0.4) is 0 Å². The van der Waals surface area contributed by atoms with E-state index in [4.69, 9.17) is 14.2 Å². The van der Waals surface area contributed by atoms with Gasteiger partial charge in [-0.1, -0.05) is 6.07 Å². The Balaban J connectivity index is 1.31. The maximum Gasteiger partial charge on any atom is 0.253 e. The molecular formula is C21H26N4O4. The predicted molar refractivity (Wildman–Crippen MR) is 109 cm³/mol. The van der Waals surface area contributed by atoms with Gasteiger partial charge in [-0.15, -0.1) is 0 Å². The third-order valence-corrected chi connectivity index (χ3v) is 5.16. The van der Waals surface area contributed by atoms with Crippen LogP contribution in [0.4, 0.5) is 5.69 Å². The summed E-state index contributed by atoms with van der Waals surface area (Å²) in [7, 11) is 1.61. The number of piperazine rings is 1. The van der Waals surface area contributed by atoms with E-state index in [1.165, 1.54) is 5.56 Å². The minimum Gasteiger partial charge on any atom is -0.454 e. The molecule has 2 aliphatic rings. The van der Waals surface area contributed by atoms with Gasteiger partial charge in [0, 0.05) is 52.6 Å². The second kappa shape index (κ2) is 9.11. The van der Waals surface area contributed by atoms with Crippen molar-refractivity contribution >= 4 is 11.6 Å². The Hall–Kier alpha value is -2.84. The summed E-state index contributed by atoms with van der Waals surface area (Å²) < 4.78 is 15.8. The van der Waals surface area contributed by atoms with Gasteiger partial charge in [0.2, 0.25) is 6.79 Å². The first-order valence-electron chi connectivity index (χ1n) is 9.81. The van der Waals surface area contributed by atoms with Gasteiger partial charge >= 0.3 is 0 Å². The molecule has 2 aliphatic heterocycles. The van der Waals surface area contributed by atoms with Crippen molar-refractivity contribution in [3.63, 3.8) is 0 Å². The number of fused-ring (bicyclic) bond motifs is 1. The normalized spacial score (nSPS) is 16.1. The number of nitrogens with zero attached hydrogens (tertiary/aromatic N) is 3. The van der Waals surface area contributed by atoms with Crippen molar-refractivity contribution in [1.29, 1.82) is 0 Å². The van der Waals surface area contributed by atoms with Gasteiger partial charge in [-0.05, 0) is 23.8 Å².